The van der Waals surface area contributed by atoms with Gasteiger partial charge in [0.2, 0.25) is 0 Å². The standard InChI is InChI=1S/C21H34N4O2.HI/c1-3-22-21(23-14-10-13-20(26)27-4-2)24-17-19(25-15-8-9-16-25)18-11-6-5-7-12-18;/h5-7,11-12,19H,3-4,8-10,13-17H2,1-2H3,(H2,22,23,24);1H. The van der Waals surface area contributed by atoms with E-state index in [0.717, 1.165) is 38.6 Å². The number of hydrogen-bond acceptors (Lipinski definition) is 4. The van der Waals surface area contributed by atoms with Crippen LogP contribution in [0.25, 0.3) is 0 Å². The molecule has 0 radical (unpaired) electrons. The molecule has 2 N–H and O–H groups in total. The molecule has 1 aromatic rings. The zero-order valence-electron chi connectivity index (χ0n) is 17.2. The second-order valence-corrected chi connectivity index (χ2v) is 6.72. The van der Waals surface area contributed by atoms with E-state index >= 15 is 0 Å². The van der Waals surface area contributed by atoms with Crippen LogP contribution in [0.15, 0.2) is 35.3 Å². The number of rotatable bonds is 10. The average molecular weight is 502 g/mol. The molecule has 1 aromatic carbocycles. The van der Waals surface area contributed by atoms with Gasteiger partial charge >= 0.3 is 5.97 Å². The average Bonchev–Trinajstić information content (AvgIpc) is 3.21. The van der Waals surface area contributed by atoms with E-state index in [1.807, 2.05) is 6.92 Å². The number of benzene rings is 1. The van der Waals surface area contributed by atoms with E-state index in [4.69, 9.17) is 9.73 Å². The van der Waals surface area contributed by atoms with Crippen molar-refractivity contribution in [3.63, 3.8) is 0 Å². The van der Waals surface area contributed by atoms with Crippen LogP contribution in [0.5, 0.6) is 0 Å². The Labute approximate surface area is 186 Å². The molecule has 1 unspecified atom stereocenters. The first-order valence-corrected chi connectivity index (χ1v) is 10.2. The van der Waals surface area contributed by atoms with Gasteiger partial charge in [0.25, 0.3) is 0 Å². The second-order valence-electron chi connectivity index (χ2n) is 6.72. The molecule has 0 spiro atoms. The van der Waals surface area contributed by atoms with E-state index < -0.39 is 0 Å². The number of ether oxygens (including phenoxy) is 1. The first-order valence-electron chi connectivity index (χ1n) is 10.2. The van der Waals surface area contributed by atoms with Crippen molar-refractivity contribution in [3.05, 3.63) is 35.9 Å². The molecule has 1 aliphatic heterocycles. The first kappa shape index (κ1) is 24.7. The minimum Gasteiger partial charge on any atom is -0.466 e. The third kappa shape index (κ3) is 8.77. The van der Waals surface area contributed by atoms with Crippen LogP contribution in [-0.4, -0.2) is 56.2 Å². The lowest BCUT2D eigenvalue weighted by Crippen LogP contribution is -2.39. The van der Waals surface area contributed by atoms with Crippen LogP contribution in [0.2, 0.25) is 0 Å². The first-order chi connectivity index (χ1) is 13.2. The number of esters is 1. The molecule has 1 heterocycles. The summed E-state index contributed by atoms with van der Waals surface area (Å²) in [7, 11) is 0. The fourth-order valence-corrected chi connectivity index (χ4v) is 3.35. The summed E-state index contributed by atoms with van der Waals surface area (Å²) < 4.78 is 4.96. The Kier molecular flexibility index (Phi) is 12.9. The van der Waals surface area contributed by atoms with E-state index in [9.17, 15) is 4.79 Å². The summed E-state index contributed by atoms with van der Waals surface area (Å²) in [5.41, 5.74) is 1.32. The highest BCUT2D eigenvalue weighted by Crippen LogP contribution is 2.25. The summed E-state index contributed by atoms with van der Waals surface area (Å²) in [4.78, 5) is 18.8. The number of guanidine groups is 1. The van der Waals surface area contributed by atoms with Gasteiger partial charge in [0, 0.05) is 19.5 Å². The highest BCUT2D eigenvalue weighted by atomic mass is 127. The van der Waals surface area contributed by atoms with Gasteiger partial charge in [-0.1, -0.05) is 30.3 Å². The van der Waals surface area contributed by atoms with Crippen molar-refractivity contribution in [2.75, 3.05) is 39.3 Å². The Morgan fingerprint density at radius 3 is 2.54 bits per heavy atom. The van der Waals surface area contributed by atoms with E-state index in [1.54, 1.807) is 0 Å². The topological polar surface area (TPSA) is 66.0 Å². The fourth-order valence-electron chi connectivity index (χ4n) is 3.35. The Morgan fingerprint density at radius 2 is 1.89 bits per heavy atom. The van der Waals surface area contributed by atoms with Gasteiger partial charge in [-0.05, 0) is 51.8 Å². The summed E-state index contributed by atoms with van der Waals surface area (Å²) in [5, 5.41) is 6.63. The molecule has 1 saturated heterocycles. The Morgan fingerprint density at radius 1 is 1.18 bits per heavy atom. The molecule has 7 heteroatoms. The lowest BCUT2D eigenvalue weighted by atomic mass is 10.1. The SMILES string of the molecule is CCNC(=NCC(c1ccccc1)N1CCCC1)NCCCC(=O)OCC.I. The van der Waals surface area contributed by atoms with E-state index in [2.05, 4.69) is 52.8 Å². The minimum atomic E-state index is -0.139. The summed E-state index contributed by atoms with van der Waals surface area (Å²) >= 11 is 0. The lowest BCUT2D eigenvalue weighted by Gasteiger charge is -2.27. The number of nitrogens with one attached hydrogen (secondary N) is 2. The number of carbonyl (C=O) groups excluding carboxylic acids is 1. The largest absolute Gasteiger partial charge is 0.466 e. The zero-order valence-corrected chi connectivity index (χ0v) is 19.5. The van der Waals surface area contributed by atoms with Gasteiger partial charge in [-0.15, -0.1) is 24.0 Å². The molecule has 1 fully saturated rings. The maximum atomic E-state index is 11.4. The van der Waals surface area contributed by atoms with Crippen molar-refractivity contribution >= 4 is 35.9 Å². The molecule has 28 heavy (non-hydrogen) atoms. The predicted molar refractivity (Wildman–Crippen MR) is 125 cm³/mol. The van der Waals surface area contributed by atoms with Crippen LogP contribution in [0.3, 0.4) is 0 Å². The molecule has 1 aliphatic rings. The maximum Gasteiger partial charge on any atom is 0.305 e. The smallest absolute Gasteiger partial charge is 0.305 e. The van der Waals surface area contributed by atoms with E-state index in [1.165, 1.54) is 18.4 Å². The molecule has 6 nitrogen and oxygen atoms in total. The number of aliphatic imine (C=N–C) groups is 1. The number of halogens is 1. The van der Waals surface area contributed by atoms with Gasteiger partial charge in [0.15, 0.2) is 5.96 Å². The quantitative estimate of drug-likeness (QED) is 0.169. The van der Waals surface area contributed by atoms with Crippen LogP contribution < -0.4 is 10.6 Å². The van der Waals surface area contributed by atoms with Crippen molar-refractivity contribution in [3.8, 4) is 0 Å². The van der Waals surface area contributed by atoms with Crippen molar-refractivity contribution in [2.24, 2.45) is 4.99 Å². The summed E-state index contributed by atoms with van der Waals surface area (Å²) in [6.45, 7) is 8.83. The van der Waals surface area contributed by atoms with E-state index in [-0.39, 0.29) is 29.9 Å². The van der Waals surface area contributed by atoms with Crippen LogP contribution in [-0.2, 0) is 9.53 Å². The summed E-state index contributed by atoms with van der Waals surface area (Å²) in [6.07, 6.45) is 3.69. The normalized spacial score (nSPS) is 15.6. The highest BCUT2D eigenvalue weighted by Gasteiger charge is 2.23. The van der Waals surface area contributed by atoms with Crippen molar-refractivity contribution < 1.29 is 9.53 Å². The van der Waals surface area contributed by atoms with Crippen molar-refractivity contribution in [1.82, 2.24) is 15.5 Å². The molecular weight excluding hydrogens is 467 g/mol. The molecule has 0 bridgehead atoms. The molecule has 0 amide bonds. The molecule has 0 aliphatic carbocycles. The minimum absolute atomic E-state index is 0. The highest BCUT2D eigenvalue weighted by molar-refractivity contribution is 14.0. The van der Waals surface area contributed by atoms with Gasteiger partial charge in [-0.2, -0.15) is 0 Å². The Balaban J connectivity index is 0.00000392. The Bertz CT molecular complexity index is 577. The summed E-state index contributed by atoms with van der Waals surface area (Å²) in [5.74, 6) is 0.668. The predicted octanol–water partition coefficient (Wildman–Crippen LogP) is 3.34. The van der Waals surface area contributed by atoms with Gasteiger partial charge < -0.3 is 15.4 Å². The molecular formula is C21H35IN4O2. The third-order valence-electron chi connectivity index (χ3n) is 4.69. The number of hydrogen-bond donors (Lipinski definition) is 2. The van der Waals surface area contributed by atoms with Gasteiger partial charge in [0.1, 0.15) is 0 Å². The number of nitrogens with zero attached hydrogens (tertiary/aromatic N) is 2. The second kappa shape index (κ2) is 14.6. The lowest BCUT2D eigenvalue weighted by molar-refractivity contribution is -0.143. The van der Waals surface area contributed by atoms with E-state index in [0.29, 0.717) is 25.6 Å². The van der Waals surface area contributed by atoms with Crippen molar-refractivity contribution in [2.45, 2.75) is 45.6 Å². The van der Waals surface area contributed by atoms with Gasteiger partial charge in [-0.25, -0.2) is 0 Å². The molecule has 1 atom stereocenters. The molecule has 158 valence electrons. The maximum absolute atomic E-state index is 11.4. The van der Waals surface area contributed by atoms with Crippen LogP contribution in [0.1, 0.15) is 51.1 Å². The van der Waals surface area contributed by atoms with Crippen LogP contribution in [0, 0.1) is 0 Å². The van der Waals surface area contributed by atoms with Gasteiger partial charge in [0.05, 0.1) is 19.2 Å². The number of likely N-dealkylation sites (tertiary alicyclic amines) is 1. The van der Waals surface area contributed by atoms with Gasteiger partial charge in [-0.3, -0.25) is 14.7 Å². The summed E-state index contributed by atoms with van der Waals surface area (Å²) in [6, 6.07) is 10.9. The fraction of sp³-hybridized carbons (Fsp3) is 0.619. The van der Waals surface area contributed by atoms with Crippen molar-refractivity contribution in [1.29, 1.82) is 0 Å². The monoisotopic (exact) mass is 502 g/mol. The third-order valence-corrected chi connectivity index (χ3v) is 4.69. The molecule has 2 rings (SSSR count). The number of carbonyl (C=O) groups is 1. The molecule has 0 saturated carbocycles. The Hall–Kier alpha value is -1.35. The zero-order chi connectivity index (χ0) is 19.3. The molecule has 0 aromatic heterocycles. The van der Waals surface area contributed by atoms with Crippen LogP contribution >= 0.6 is 24.0 Å². The van der Waals surface area contributed by atoms with Crippen LogP contribution in [0.4, 0.5) is 0 Å².